The summed E-state index contributed by atoms with van der Waals surface area (Å²) in [6.07, 6.45) is 0.0520. The predicted molar refractivity (Wildman–Crippen MR) is 61.3 cm³/mol. The van der Waals surface area contributed by atoms with Crippen LogP contribution in [0.4, 0.5) is 0 Å². The van der Waals surface area contributed by atoms with Gasteiger partial charge in [-0.3, -0.25) is 0 Å². The second kappa shape index (κ2) is 6.43. The summed E-state index contributed by atoms with van der Waals surface area (Å²) in [5.74, 6) is 0.881. The zero-order valence-electron chi connectivity index (χ0n) is 9.62. The van der Waals surface area contributed by atoms with Gasteiger partial charge in [0.15, 0.2) is 0 Å². The van der Waals surface area contributed by atoms with Crippen molar-refractivity contribution in [1.29, 1.82) is 0 Å². The van der Waals surface area contributed by atoms with Crippen LogP contribution in [0.1, 0.15) is 18.6 Å². The second-order valence-electron chi connectivity index (χ2n) is 3.24. The smallest absolute Gasteiger partial charge is 0.124 e. The van der Waals surface area contributed by atoms with Crippen molar-refractivity contribution in [2.24, 2.45) is 0 Å². The van der Waals surface area contributed by atoms with Crippen LogP contribution in [0.25, 0.3) is 0 Å². The Bertz CT molecular complexity index is 283. The molecule has 0 radical (unpaired) electrons. The third-order valence-corrected chi connectivity index (χ3v) is 2.24. The minimum Gasteiger partial charge on any atom is -0.496 e. The number of methoxy groups -OCH3 is 1. The van der Waals surface area contributed by atoms with E-state index in [4.69, 9.17) is 9.47 Å². The molecule has 0 aliphatic heterocycles. The van der Waals surface area contributed by atoms with Crippen LogP contribution in [-0.2, 0) is 4.74 Å². The van der Waals surface area contributed by atoms with Crippen LogP contribution in [0.15, 0.2) is 24.3 Å². The quantitative estimate of drug-likeness (QED) is 0.777. The molecule has 15 heavy (non-hydrogen) atoms. The first-order chi connectivity index (χ1) is 7.33. The fourth-order valence-corrected chi connectivity index (χ4v) is 1.58. The van der Waals surface area contributed by atoms with Gasteiger partial charge >= 0.3 is 0 Å². The molecule has 0 amide bonds. The van der Waals surface area contributed by atoms with Gasteiger partial charge in [-0.1, -0.05) is 18.2 Å². The van der Waals surface area contributed by atoms with E-state index in [1.54, 1.807) is 7.11 Å². The van der Waals surface area contributed by atoms with E-state index in [1.807, 2.05) is 38.2 Å². The van der Waals surface area contributed by atoms with Gasteiger partial charge in [-0.15, -0.1) is 0 Å². The Labute approximate surface area is 91.4 Å². The van der Waals surface area contributed by atoms with E-state index in [0.717, 1.165) is 17.9 Å². The topological polar surface area (TPSA) is 30.5 Å². The molecule has 1 rings (SSSR count). The van der Waals surface area contributed by atoms with Gasteiger partial charge in [-0.2, -0.15) is 0 Å². The van der Waals surface area contributed by atoms with Crippen molar-refractivity contribution >= 4 is 0 Å². The van der Waals surface area contributed by atoms with E-state index in [0.29, 0.717) is 6.61 Å². The van der Waals surface area contributed by atoms with Gasteiger partial charge in [-0.05, 0) is 20.0 Å². The van der Waals surface area contributed by atoms with E-state index >= 15 is 0 Å². The lowest BCUT2D eigenvalue weighted by molar-refractivity contribution is 0.0620. The summed E-state index contributed by atoms with van der Waals surface area (Å²) < 4.78 is 11.0. The average molecular weight is 209 g/mol. The Hall–Kier alpha value is -1.06. The summed E-state index contributed by atoms with van der Waals surface area (Å²) >= 11 is 0. The van der Waals surface area contributed by atoms with Crippen molar-refractivity contribution in [3.05, 3.63) is 29.8 Å². The van der Waals surface area contributed by atoms with Crippen molar-refractivity contribution in [3.8, 4) is 5.75 Å². The molecule has 0 fully saturated rings. The van der Waals surface area contributed by atoms with Crippen molar-refractivity contribution in [3.63, 3.8) is 0 Å². The van der Waals surface area contributed by atoms with Gasteiger partial charge in [0.2, 0.25) is 0 Å². The molecule has 1 N–H and O–H groups in total. The molecule has 1 aromatic carbocycles. The lowest BCUT2D eigenvalue weighted by atomic mass is 10.1. The summed E-state index contributed by atoms with van der Waals surface area (Å²) in [4.78, 5) is 0. The van der Waals surface area contributed by atoms with Gasteiger partial charge in [0.1, 0.15) is 5.75 Å². The Kier molecular flexibility index (Phi) is 5.15. The maximum Gasteiger partial charge on any atom is 0.124 e. The first kappa shape index (κ1) is 12.0. The maximum absolute atomic E-state index is 5.67. The first-order valence-corrected chi connectivity index (χ1v) is 5.22. The van der Waals surface area contributed by atoms with Gasteiger partial charge in [0.25, 0.3) is 0 Å². The lowest BCUT2D eigenvalue weighted by Gasteiger charge is -2.19. The summed E-state index contributed by atoms with van der Waals surface area (Å²) in [6.45, 7) is 3.48. The number of para-hydroxylation sites is 1. The largest absolute Gasteiger partial charge is 0.496 e. The van der Waals surface area contributed by atoms with Gasteiger partial charge in [0, 0.05) is 18.7 Å². The van der Waals surface area contributed by atoms with E-state index in [2.05, 4.69) is 5.32 Å². The molecule has 84 valence electrons. The molecule has 3 nitrogen and oxygen atoms in total. The van der Waals surface area contributed by atoms with E-state index in [1.165, 1.54) is 0 Å². The highest BCUT2D eigenvalue weighted by Crippen LogP contribution is 2.26. The van der Waals surface area contributed by atoms with E-state index < -0.39 is 0 Å². The number of nitrogens with one attached hydrogen (secondary N) is 1. The zero-order valence-corrected chi connectivity index (χ0v) is 9.62. The average Bonchev–Trinajstić information content (AvgIpc) is 2.29. The molecule has 0 heterocycles. The molecular weight excluding hydrogens is 190 g/mol. The lowest BCUT2D eigenvalue weighted by Crippen LogP contribution is -2.20. The standard InChI is InChI=1S/C12H19NO2/c1-4-15-12(9-13-2)10-7-5-6-8-11(10)14-3/h5-8,12-13H,4,9H2,1-3H3/t12-/m1/s1. The van der Waals surface area contributed by atoms with Crippen LogP contribution < -0.4 is 10.1 Å². The second-order valence-corrected chi connectivity index (χ2v) is 3.24. The fourth-order valence-electron chi connectivity index (χ4n) is 1.58. The third-order valence-electron chi connectivity index (χ3n) is 2.24. The minimum absolute atomic E-state index is 0.0520. The Morgan fingerprint density at radius 3 is 2.67 bits per heavy atom. The SMILES string of the molecule is CCO[C@H](CNC)c1ccccc1OC. The zero-order chi connectivity index (χ0) is 11.1. The molecule has 0 bridgehead atoms. The molecule has 0 saturated heterocycles. The summed E-state index contributed by atoms with van der Waals surface area (Å²) in [6, 6.07) is 7.96. The molecule has 0 unspecified atom stereocenters. The van der Waals surface area contributed by atoms with Crippen LogP contribution in [0.3, 0.4) is 0 Å². The van der Waals surface area contributed by atoms with E-state index in [-0.39, 0.29) is 6.10 Å². The highest BCUT2D eigenvalue weighted by atomic mass is 16.5. The molecular formula is C12H19NO2. The number of hydrogen-bond acceptors (Lipinski definition) is 3. The third kappa shape index (κ3) is 3.22. The Morgan fingerprint density at radius 1 is 1.33 bits per heavy atom. The van der Waals surface area contributed by atoms with Gasteiger partial charge in [0.05, 0.1) is 13.2 Å². The molecule has 1 atom stereocenters. The van der Waals surface area contributed by atoms with Crippen molar-refractivity contribution < 1.29 is 9.47 Å². The number of benzene rings is 1. The van der Waals surface area contributed by atoms with Crippen LogP contribution in [-0.4, -0.2) is 27.3 Å². The molecule has 0 saturated carbocycles. The van der Waals surface area contributed by atoms with Gasteiger partial charge in [-0.25, -0.2) is 0 Å². The number of ether oxygens (including phenoxy) is 2. The highest BCUT2D eigenvalue weighted by molar-refractivity contribution is 5.35. The molecule has 1 aromatic rings. The van der Waals surface area contributed by atoms with Crippen molar-refractivity contribution in [2.75, 3.05) is 27.3 Å². The molecule has 3 heteroatoms. The Balaban J connectivity index is 2.88. The number of likely N-dealkylation sites (N-methyl/N-ethyl adjacent to an activating group) is 1. The predicted octanol–water partition coefficient (Wildman–Crippen LogP) is 1.99. The molecule has 0 spiro atoms. The summed E-state index contributed by atoms with van der Waals surface area (Å²) in [5, 5.41) is 3.12. The number of hydrogen-bond donors (Lipinski definition) is 1. The van der Waals surface area contributed by atoms with E-state index in [9.17, 15) is 0 Å². The molecule has 0 aromatic heterocycles. The molecule has 0 aliphatic carbocycles. The fraction of sp³-hybridized carbons (Fsp3) is 0.500. The monoisotopic (exact) mass is 209 g/mol. The van der Waals surface area contributed by atoms with Crippen molar-refractivity contribution in [1.82, 2.24) is 5.32 Å². The minimum atomic E-state index is 0.0520. The van der Waals surface area contributed by atoms with Crippen LogP contribution >= 0.6 is 0 Å². The normalized spacial score (nSPS) is 12.5. The Morgan fingerprint density at radius 2 is 2.07 bits per heavy atom. The van der Waals surface area contributed by atoms with Crippen molar-refractivity contribution in [2.45, 2.75) is 13.0 Å². The number of rotatable bonds is 6. The summed E-state index contributed by atoms with van der Waals surface area (Å²) in [5.41, 5.74) is 1.09. The van der Waals surface area contributed by atoms with Gasteiger partial charge < -0.3 is 14.8 Å². The van der Waals surface area contributed by atoms with Crippen LogP contribution in [0, 0.1) is 0 Å². The molecule has 0 aliphatic rings. The maximum atomic E-state index is 5.67. The van der Waals surface area contributed by atoms with Crippen LogP contribution in [0.5, 0.6) is 5.75 Å². The van der Waals surface area contributed by atoms with Crippen LogP contribution in [0.2, 0.25) is 0 Å². The summed E-state index contributed by atoms with van der Waals surface area (Å²) in [7, 11) is 3.60. The highest BCUT2D eigenvalue weighted by Gasteiger charge is 2.14. The first-order valence-electron chi connectivity index (χ1n) is 5.22.